The van der Waals surface area contributed by atoms with Crippen LogP contribution in [0, 0.1) is 11.6 Å². The smallest absolute Gasteiger partial charge is 0.313 e. The molecule has 4 aliphatic rings. The quantitative estimate of drug-likeness (QED) is 0.257. The molecule has 1 aromatic heterocycles. The van der Waals surface area contributed by atoms with Gasteiger partial charge < -0.3 is 25.3 Å². The summed E-state index contributed by atoms with van der Waals surface area (Å²) in [6, 6.07) is 11.8. The number of carbonyl (C=O) groups excluding carboxylic acids is 1. The van der Waals surface area contributed by atoms with Crippen molar-refractivity contribution in [3.05, 3.63) is 92.4 Å². The van der Waals surface area contributed by atoms with Crippen LogP contribution >= 0.6 is 11.6 Å². The molecule has 3 aliphatic heterocycles. The first-order chi connectivity index (χ1) is 21.3. The molecule has 0 bridgehead atoms. The van der Waals surface area contributed by atoms with E-state index in [-0.39, 0.29) is 58.2 Å². The van der Waals surface area contributed by atoms with E-state index in [1.54, 1.807) is 0 Å². The van der Waals surface area contributed by atoms with E-state index in [2.05, 4.69) is 10.4 Å². The highest BCUT2D eigenvalue weighted by Crippen LogP contribution is 2.55. The monoisotopic (exact) mass is 618 g/mol. The molecule has 4 heterocycles. The van der Waals surface area contributed by atoms with Crippen molar-refractivity contribution in [2.45, 2.75) is 49.8 Å². The van der Waals surface area contributed by atoms with Gasteiger partial charge in [-0.1, -0.05) is 41.9 Å². The fourth-order valence-corrected chi connectivity index (χ4v) is 6.90. The number of primary amides is 1. The average molecular weight is 619 g/mol. The van der Waals surface area contributed by atoms with Gasteiger partial charge in [-0.15, -0.1) is 0 Å². The molecule has 0 spiro atoms. The minimum absolute atomic E-state index is 0.0417. The van der Waals surface area contributed by atoms with Crippen LogP contribution in [0.1, 0.15) is 53.2 Å². The van der Waals surface area contributed by atoms with Gasteiger partial charge in [0.2, 0.25) is 17.4 Å². The van der Waals surface area contributed by atoms with Gasteiger partial charge in [-0.3, -0.25) is 9.59 Å². The van der Waals surface area contributed by atoms with E-state index in [1.165, 1.54) is 23.0 Å². The van der Waals surface area contributed by atoms with Gasteiger partial charge in [-0.25, -0.2) is 13.5 Å². The van der Waals surface area contributed by atoms with Crippen LogP contribution in [0.2, 0.25) is 5.02 Å². The van der Waals surface area contributed by atoms with E-state index < -0.39 is 39.5 Å². The van der Waals surface area contributed by atoms with Crippen LogP contribution in [0.25, 0.3) is 11.1 Å². The maximum atomic E-state index is 16.7. The van der Waals surface area contributed by atoms with Crippen molar-refractivity contribution in [1.82, 2.24) is 15.1 Å². The highest BCUT2D eigenvalue weighted by atomic mass is 35.5. The standard InChI is InChI=1S/C32H25ClF2N4O5/c33-26-19(34)12-20-18(13-32(44-20,23-7-4-10-37-23)15-5-2-1-3-6-15)24(26)25-17(30(36)40)11-21-28(27(25)35)43-22-14-38-39(16-8-9-16)31(41)29(22)42-21/h1-3,5-6,11-12,14,16,23,37H,4,7-10,13H2,(H2,36,40)/t23-,32-/m0/s1. The summed E-state index contributed by atoms with van der Waals surface area (Å²) >= 11 is 6.61. The molecule has 12 heteroatoms. The van der Waals surface area contributed by atoms with Crippen molar-refractivity contribution in [3.8, 4) is 39.9 Å². The van der Waals surface area contributed by atoms with Gasteiger partial charge in [0.05, 0.1) is 28.9 Å². The lowest BCUT2D eigenvalue weighted by Gasteiger charge is -2.35. The Morgan fingerprint density at radius 2 is 1.82 bits per heavy atom. The van der Waals surface area contributed by atoms with Gasteiger partial charge in [0.25, 0.3) is 0 Å². The topological polar surface area (TPSA) is 118 Å². The van der Waals surface area contributed by atoms with Gasteiger partial charge in [0.15, 0.2) is 22.9 Å². The second-order valence-corrected chi connectivity index (χ2v) is 11.9. The Bertz CT molecular complexity index is 1940. The number of nitrogens with zero attached hydrogens (tertiary/aromatic N) is 2. The zero-order valence-electron chi connectivity index (χ0n) is 23.2. The van der Waals surface area contributed by atoms with E-state index in [4.69, 9.17) is 31.5 Å². The third-order valence-corrected chi connectivity index (χ3v) is 9.22. The SMILES string of the molecule is NC(=O)c1cc2c(c(F)c1-c1c(Cl)c(F)cc3c1C[C@](c1ccccc1)([C@@H]1CCCN1)O3)Oc1cnn(C3CC3)c(=O)c1O2. The van der Waals surface area contributed by atoms with Crippen LogP contribution in [0.5, 0.6) is 28.7 Å². The first-order valence-corrected chi connectivity index (χ1v) is 14.8. The molecule has 1 amide bonds. The number of nitrogens with one attached hydrogen (secondary N) is 1. The fourth-order valence-electron chi connectivity index (χ4n) is 6.64. The Kier molecular flexibility index (Phi) is 6.01. The van der Waals surface area contributed by atoms with Crippen molar-refractivity contribution in [3.63, 3.8) is 0 Å². The molecule has 8 rings (SSSR count). The second-order valence-electron chi connectivity index (χ2n) is 11.5. The number of benzene rings is 3. The highest BCUT2D eigenvalue weighted by Gasteiger charge is 2.50. The summed E-state index contributed by atoms with van der Waals surface area (Å²) in [6.45, 7) is 0.783. The number of aromatic nitrogens is 2. The number of halogens is 3. The van der Waals surface area contributed by atoms with Crippen LogP contribution < -0.4 is 30.8 Å². The summed E-state index contributed by atoms with van der Waals surface area (Å²) in [5, 5.41) is 7.25. The normalized spacial score (nSPS) is 21.5. The Labute approximate surface area is 254 Å². The third-order valence-electron chi connectivity index (χ3n) is 8.85. The van der Waals surface area contributed by atoms with Crippen LogP contribution in [-0.2, 0) is 12.0 Å². The second kappa shape index (κ2) is 9.76. The van der Waals surface area contributed by atoms with Crippen molar-refractivity contribution >= 4 is 17.5 Å². The predicted octanol–water partition coefficient (Wildman–Crippen LogP) is 5.76. The maximum Gasteiger partial charge on any atom is 0.313 e. The van der Waals surface area contributed by atoms with Gasteiger partial charge in [-0.05, 0) is 43.9 Å². The van der Waals surface area contributed by atoms with Crippen molar-refractivity contribution in [2.24, 2.45) is 5.73 Å². The predicted molar refractivity (Wildman–Crippen MR) is 156 cm³/mol. The van der Waals surface area contributed by atoms with Crippen LogP contribution in [0.3, 0.4) is 0 Å². The summed E-state index contributed by atoms with van der Waals surface area (Å²) in [7, 11) is 0. The van der Waals surface area contributed by atoms with Gasteiger partial charge in [-0.2, -0.15) is 5.10 Å². The number of nitrogens with two attached hydrogens (primary N) is 1. The number of amides is 1. The van der Waals surface area contributed by atoms with E-state index in [1.807, 2.05) is 30.3 Å². The van der Waals surface area contributed by atoms with Gasteiger partial charge >= 0.3 is 5.56 Å². The lowest BCUT2D eigenvalue weighted by atomic mass is 9.80. The number of hydrogen-bond donors (Lipinski definition) is 2. The zero-order valence-corrected chi connectivity index (χ0v) is 23.9. The highest BCUT2D eigenvalue weighted by molar-refractivity contribution is 6.34. The molecule has 3 aromatic carbocycles. The number of carbonyl (C=O) groups is 1. The molecule has 0 unspecified atom stereocenters. The molecule has 3 N–H and O–H groups in total. The summed E-state index contributed by atoms with van der Waals surface area (Å²) in [4.78, 5) is 25.9. The Morgan fingerprint density at radius 1 is 1.05 bits per heavy atom. The van der Waals surface area contributed by atoms with E-state index >= 15 is 8.78 Å². The summed E-state index contributed by atoms with van der Waals surface area (Å²) in [6.07, 6.45) is 4.82. The lowest BCUT2D eigenvalue weighted by molar-refractivity contribution is 0.0539. The summed E-state index contributed by atoms with van der Waals surface area (Å²) in [5.41, 5.74) is 4.82. The Balaban J connectivity index is 1.31. The Morgan fingerprint density at radius 3 is 2.52 bits per heavy atom. The van der Waals surface area contributed by atoms with E-state index in [9.17, 15) is 9.59 Å². The third kappa shape index (κ3) is 3.95. The molecule has 1 saturated carbocycles. The summed E-state index contributed by atoms with van der Waals surface area (Å²) < 4.78 is 51.8. The molecule has 224 valence electrons. The molecule has 2 fully saturated rings. The fraction of sp³-hybridized carbons (Fsp3) is 0.281. The van der Waals surface area contributed by atoms with Crippen molar-refractivity contribution < 1.29 is 27.8 Å². The first kappa shape index (κ1) is 27.1. The van der Waals surface area contributed by atoms with Crippen LogP contribution in [0.4, 0.5) is 8.78 Å². The number of ether oxygens (including phenoxy) is 3. The average Bonchev–Trinajstić information content (AvgIpc) is 3.55. The largest absolute Gasteiger partial charge is 0.480 e. The van der Waals surface area contributed by atoms with Gasteiger partial charge in [0, 0.05) is 29.2 Å². The molecule has 2 atom stereocenters. The van der Waals surface area contributed by atoms with Crippen molar-refractivity contribution in [1.29, 1.82) is 0 Å². The minimum atomic E-state index is -1.06. The molecular formula is C32H25ClF2N4O5. The molecular weight excluding hydrogens is 594 g/mol. The maximum absolute atomic E-state index is 16.7. The summed E-state index contributed by atoms with van der Waals surface area (Å²) in [5.74, 6) is -3.67. The van der Waals surface area contributed by atoms with E-state index in [0.29, 0.717) is 5.56 Å². The van der Waals surface area contributed by atoms with E-state index in [0.717, 1.165) is 37.8 Å². The van der Waals surface area contributed by atoms with Crippen LogP contribution in [0.15, 0.2) is 53.5 Å². The molecule has 1 saturated heterocycles. The van der Waals surface area contributed by atoms with Gasteiger partial charge in [0.1, 0.15) is 11.6 Å². The lowest BCUT2D eigenvalue weighted by Crippen LogP contribution is -2.48. The molecule has 44 heavy (non-hydrogen) atoms. The minimum Gasteiger partial charge on any atom is -0.480 e. The number of hydrogen-bond acceptors (Lipinski definition) is 7. The number of rotatable bonds is 5. The van der Waals surface area contributed by atoms with Crippen molar-refractivity contribution in [2.75, 3.05) is 6.54 Å². The first-order valence-electron chi connectivity index (χ1n) is 14.4. The molecule has 1 aliphatic carbocycles. The molecule has 9 nitrogen and oxygen atoms in total. The van der Waals surface area contributed by atoms with Crippen LogP contribution in [-0.4, -0.2) is 28.3 Å². The number of fused-ring (bicyclic) bond motifs is 3. The molecule has 4 aromatic rings. The molecule has 0 radical (unpaired) electrons. The Hall–Kier alpha value is -4.48. The zero-order chi connectivity index (χ0) is 30.3.